The van der Waals surface area contributed by atoms with Gasteiger partial charge in [-0.15, -0.1) is 0 Å². The van der Waals surface area contributed by atoms with Crippen LogP contribution in [0, 0.1) is 11.8 Å². The second kappa shape index (κ2) is 5.28. The van der Waals surface area contributed by atoms with Crippen molar-refractivity contribution < 1.29 is 4.79 Å². The summed E-state index contributed by atoms with van der Waals surface area (Å²) in [4.78, 5) is 14.6. The van der Waals surface area contributed by atoms with Crippen LogP contribution in [0.15, 0.2) is 0 Å². The SMILES string of the molecule is CN1CCC(C(=O)C2CCC(N)CC2)CC1. The molecule has 0 amide bonds. The number of likely N-dealkylation sites (tertiary alicyclic amines) is 1. The molecule has 0 aromatic rings. The van der Waals surface area contributed by atoms with E-state index in [9.17, 15) is 4.79 Å². The maximum absolute atomic E-state index is 12.3. The lowest BCUT2D eigenvalue weighted by atomic mass is 9.77. The van der Waals surface area contributed by atoms with Gasteiger partial charge >= 0.3 is 0 Å². The maximum Gasteiger partial charge on any atom is 0.139 e. The van der Waals surface area contributed by atoms with Crippen molar-refractivity contribution >= 4 is 5.78 Å². The Labute approximate surface area is 98.4 Å². The first kappa shape index (κ1) is 12.1. The highest BCUT2D eigenvalue weighted by atomic mass is 16.1. The second-order valence-corrected chi connectivity index (χ2v) is 5.59. The van der Waals surface area contributed by atoms with E-state index >= 15 is 0 Å². The molecule has 2 fully saturated rings. The molecule has 1 heterocycles. The van der Waals surface area contributed by atoms with E-state index in [0.29, 0.717) is 23.7 Å². The van der Waals surface area contributed by atoms with Gasteiger partial charge in [0.1, 0.15) is 5.78 Å². The molecule has 16 heavy (non-hydrogen) atoms. The van der Waals surface area contributed by atoms with Crippen molar-refractivity contribution in [2.24, 2.45) is 17.6 Å². The molecule has 0 spiro atoms. The normalized spacial score (nSPS) is 33.9. The molecule has 3 nitrogen and oxygen atoms in total. The number of piperidine rings is 1. The summed E-state index contributed by atoms with van der Waals surface area (Å²) in [6, 6.07) is 0.349. The summed E-state index contributed by atoms with van der Waals surface area (Å²) in [5.74, 6) is 1.21. The molecule has 1 aliphatic carbocycles. The van der Waals surface area contributed by atoms with Crippen molar-refractivity contribution in [3.63, 3.8) is 0 Å². The molecule has 0 atom stereocenters. The third kappa shape index (κ3) is 2.83. The van der Waals surface area contributed by atoms with Gasteiger partial charge in [-0.2, -0.15) is 0 Å². The molecule has 2 rings (SSSR count). The number of nitrogens with two attached hydrogens (primary N) is 1. The molecule has 0 aromatic heterocycles. The zero-order chi connectivity index (χ0) is 11.5. The monoisotopic (exact) mass is 224 g/mol. The van der Waals surface area contributed by atoms with Crippen LogP contribution >= 0.6 is 0 Å². The highest BCUT2D eigenvalue weighted by molar-refractivity contribution is 5.83. The van der Waals surface area contributed by atoms with Crippen molar-refractivity contribution in [2.45, 2.75) is 44.6 Å². The van der Waals surface area contributed by atoms with E-state index in [1.54, 1.807) is 0 Å². The first-order valence-corrected chi connectivity index (χ1v) is 6.64. The van der Waals surface area contributed by atoms with Gasteiger partial charge in [-0.1, -0.05) is 0 Å². The van der Waals surface area contributed by atoms with Crippen molar-refractivity contribution in [2.75, 3.05) is 20.1 Å². The molecule has 0 aromatic carbocycles. The van der Waals surface area contributed by atoms with Crippen LogP contribution in [0.25, 0.3) is 0 Å². The minimum Gasteiger partial charge on any atom is -0.328 e. The molecule has 3 heteroatoms. The van der Waals surface area contributed by atoms with Crippen LogP contribution in [-0.2, 0) is 4.79 Å². The van der Waals surface area contributed by atoms with Gasteiger partial charge < -0.3 is 10.6 Å². The van der Waals surface area contributed by atoms with Crippen molar-refractivity contribution in [3.8, 4) is 0 Å². The van der Waals surface area contributed by atoms with Gasteiger partial charge in [0, 0.05) is 17.9 Å². The number of Topliss-reactive ketones (excluding diaryl/α,β-unsaturated/α-hetero) is 1. The molecule has 92 valence electrons. The van der Waals surface area contributed by atoms with E-state index in [1.807, 2.05) is 0 Å². The third-order valence-corrected chi connectivity index (χ3v) is 4.30. The van der Waals surface area contributed by atoms with Gasteiger partial charge in [-0.05, 0) is 58.7 Å². The standard InChI is InChI=1S/C13H24N2O/c1-15-8-6-11(7-9-15)13(16)10-2-4-12(14)5-3-10/h10-12H,2-9,14H2,1H3. The van der Waals surface area contributed by atoms with E-state index in [1.165, 1.54) is 0 Å². The smallest absolute Gasteiger partial charge is 0.139 e. The molecule has 1 saturated carbocycles. The Bertz CT molecular complexity index is 214. The molecular formula is C13H24N2O. The highest BCUT2D eigenvalue weighted by Crippen LogP contribution is 2.29. The number of carbonyl (C=O) groups is 1. The number of nitrogens with zero attached hydrogens (tertiary/aromatic N) is 1. The van der Waals surface area contributed by atoms with Crippen LogP contribution in [0.5, 0.6) is 0 Å². The first-order chi connectivity index (χ1) is 7.66. The van der Waals surface area contributed by atoms with Gasteiger partial charge in [-0.25, -0.2) is 0 Å². The zero-order valence-corrected chi connectivity index (χ0v) is 10.3. The van der Waals surface area contributed by atoms with E-state index < -0.39 is 0 Å². The largest absolute Gasteiger partial charge is 0.328 e. The maximum atomic E-state index is 12.3. The number of hydrogen-bond acceptors (Lipinski definition) is 3. The molecular weight excluding hydrogens is 200 g/mol. The summed E-state index contributed by atoms with van der Waals surface area (Å²) in [7, 11) is 2.14. The summed E-state index contributed by atoms with van der Waals surface area (Å²) < 4.78 is 0. The van der Waals surface area contributed by atoms with E-state index in [0.717, 1.165) is 51.6 Å². The quantitative estimate of drug-likeness (QED) is 0.771. The summed E-state index contributed by atoms with van der Waals surface area (Å²) in [6.07, 6.45) is 6.29. The molecule has 0 bridgehead atoms. The van der Waals surface area contributed by atoms with Gasteiger partial charge in [-0.3, -0.25) is 4.79 Å². The predicted molar refractivity (Wildman–Crippen MR) is 65.2 cm³/mol. The lowest BCUT2D eigenvalue weighted by molar-refractivity contribution is -0.129. The lowest BCUT2D eigenvalue weighted by Crippen LogP contribution is -2.38. The minimum absolute atomic E-state index is 0.327. The zero-order valence-electron chi connectivity index (χ0n) is 10.3. The van der Waals surface area contributed by atoms with Crippen LogP contribution in [-0.4, -0.2) is 36.9 Å². The Balaban J connectivity index is 1.83. The summed E-state index contributed by atoms with van der Waals surface area (Å²) in [5.41, 5.74) is 5.88. The van der Waals surface area contributed by atoms with Crippen molar-refractivity contribution in [3.05, 3.63) is 0 Å². The Hall–Kier alpha value is -0.410. The van der Waals surface area contributed by atoms with E-state index in [2.05, 4.69) is 11.9 Å². The summed E-state index contributed by atoms with van der Waals surface area (Å²) in [5, 5.41) is 0. The van der Waals surface area contributed by atoms with Crippen molar-refractivity contribution in [1.29, 1.82) is 0 Å². The van der Waals surface area contributed by atoms with E-state index in [4.69, 9.17) is 5.73 Å². The molecule has 1 saturated heterocycles. The van der Waals surface area contributed by atoms with Crippen LogP contribution < -0.4 is 5.73 Å². The van der Waals surface area contributed by atoms with Crippen LogP contribution in [0.3, 0.4) is 0 Å². The topological polar surface area (TPSA) is 46.3 Å². The Morgan fingerprint density at radius 1 is 1.00 bits per heavy atom. The molecule has 2 N–H and O–H groups in total. The first-order valence-electron chi connectivity index (χ1n) is 6.64. The van der Waals surface area contributed by atoms with Gasteiger partial charge in [0.05, 0.1) is 0 Å². The Morgan fingerprint density at radius 3 is 2.06 bits per heavy atom. The number of carbonyl (C=O) groups excluding carboxylic acids is 1. The van der Waals surface area contributed by atoms with Crippen LogP contribution in [0.4, 0.5) is 0 Å². The number of rotatable bonds is 2. The number of ketones is 1. The average molecular weight is 224 g/mol. The summed E-state index contributed by atoms with van der Waals surface area (Å²) in [6.45, 7) is 2.17. The van der Waals surface area contributed by atoms with Gasteiger partial charge in [0.2, 0.25) is 0 Å². The fourth-order valence-electron chi connectivity index (χ4n) is 3.03. The number of hydrogen-bond donors (Lipinski definition) is 1. The van der Waals surface area contributed by atoms with Gasteiger partial charge in [0.15, 0.2) is 0 Å². The Kier molecular flexibility index (Phi) is 3.98. The van der Waals surface area contributed by atoms with E-state index in [-0.39, 0.29) is 0 Å². The fourth-order valence-corrected chi connectivity index (χ4v) is 3.03. The molecule has 0 radical (unpaired) electrons. The van der Waals surface area contributed by atoms with Crippen molar-refractivity contribution in [1.82, 2.24) is 4.90 Å². The predicted octanol–water partition coefficient (Wildman–Crippen LogP) is 1.41. The van der Waals surface area contributed by atoms with Gasteiger partial charge in [0.25, 0.3) is 0 Å². The summed E-state index contributed by atoms with van der Waals surface area (Å²) >= 11 is 0. The highest BCUT2D eigenvalue weighted by Gasteiger charge is 2.31. The lowest BCUT2D eigenvalue weighted by Gasteiger charge is -2.32. The molecule has 2 aliphatic rings. The van der Waals surface area contributed by atoms with Crippen LogP contribution in [0.1, 0.15) is 38.5 Å². The molecule has 1 aliphatic heterocycles. The Morgan fingerprint density at radius 2 is 1.50 bits per heavy atom. The molecule has 0 unspecified atom stereocenters. The fraction of sp³-hybridized carbons (Fsp3) is 0.923. The second-order valence-electron chi connectivity index (χ2n) is 5.59. The van der Waals surface area contributed by atoms with Crippen LogP contribution in [0.2, 0.25) is 0 Å². The average Bonchev–Trinajstić information content (AvgIpc) is 2.30. The minimum atomic E-state index is 0.327. The third-order valence-electron chi connectivity index (χ3n) is 4.30.